The number of aromatic nitrogens is 1. The van der Waals surface area contributed by atoms with E-state index in [1.807, 2.05) is 51.1 Å². The van der Waals surface area contributed by atoms with Gasteiger partial charge in [0.05, 0.1) is 18.8 Å². The second-order valence-corrected chi connectivity index (χ2v) is 6.89. The lowest BCUT2D eigenvalue weighted by Crippen LogP contribution is -2.44. The smallest absolute Gasteiger partial charge is 0.322 e. The van der Waals surface area contributed by atoms with Crippen molar-refractivity contribution in [2.45, 2.75) is 32.9 Å². The number of para-hydroxylation sites is 1. The molecule has 2 heterocycles. The molecule has 0 fully saturated rings. The number of carbonyl (C=O) groups excluding carboxylic acids is 1. The topological polar surface area (TPSA) is 54.5 Å². The summed E-state index contributed by atoms with van der Waals surface area (Å²) in [4.78, 5) is 14.3. The third kappa shape index (κ3) is 3.22. The molecule has 3 rings (SSSR count). The monoisotopic (exact) mass is 317 g/mol. The minimum atomic E-state index is -0.437. The van der Waals surface area contributed by atoms with Crippen molar-refractivity contribution < 1.29 is 9.53 Å². The van der Waals surface area contributed by atoms with Gasteiger partial charge < -0.3 is 9.64 Å². The van der Waals surface area contributed by atoms with E-state index in [9.17, 15) is 4.79 Å². The molecule has 2 amide bonds. The third-order valence-electron chi connectivity index (χ3n) is 3.44. The number of amides is 2. The summed E-state index contributed by atoms with van der Waals surface area (Å²) in [5.74, 6) is 0.844. The summed E-state index contributed by atoms with van der Waals surface area (Å²) in [7, 11) is 0. The highest BCUT2D eigenvalue weighted by Crippen LogP contribution is 2.29. The van der Waals surface area contributed by atoms with Crippen molar-refractivity contribution in [3.63, 3.8) is 0 Å². The largest absolute Gasteiger partial charge is 0.486 e. The number of urea groups is 1. The molecule has 5 nitrogen and oxygen atoms in total. The Balaban J connectivity index is 1.82. The fourth-order valence-electron chi connectivity index (χ4n) is 2.54. The number of hydrogen-bond acceptors (Lipinski definition) is 4. The van der Waals surface area contributed by atoms with Crippen LogP contribution in [0.15, 0.2) is 30.3 Å². The first kappa shape index (κ1) is 14.8. The Morgan fingerprint density at radius 2 is 2.18 bits per heavy atom. The van der Waals surface area contributed by atoms with E-state index in [1.54, 1.807) is 4.90 Å². The number of rotatable bonds is 1. The molecular weight excluding hydrogens is 298 g/mol. The van der Waals surface area contributed by atoms with Gasteiger partial charge in [-0.2, -0.15) is 4.37 Å². The number of carbonyl (C=O) groups is 1. The van der Waals surface area contributed by atoms with Crippen molar-refractivity contribution >= 4 is 22.6 Å². The van der Waals surface area contributed by atoms with E-state index in [4.69, 9.17) is 4.74 Å². The number of anilines is 1. The highest BCUT2D eigenvalue weighted by Gasteiger charge is 2.31. The lowest BCUT2D eigenvalue weighted by atomic mass is 10.1. The van der Waals surface area contributed by atoms with E-state index >= 15 is 0 Å². The molecule has 2 aromatic rings. The number of nitrogens with zero attached hydrogens (tertiary/aromatic N) is 2. The van der Waals surface area contributed by atoms with Crippen LogP contribution in [-0.4, -0.2) is 27.5 Å². The third-order valence-corrected chi connectivity index (χ3v) is 4.23. The van der Waals surface area contributed by atoms with Gasteiger partial charge in [-0.25, -0.2) is 4.79 Å². The van der Waals surface area contributed by atoms with Crippen LogP contribution in [0, 0.1) is 6.92 Å². The number of aryl methyl sites for hydroxylation is 1. The van der Waals surface area contributed by atoms with Crippen molar-refractivity contribution in [2.75, 3.05) is 11.9 Å². The van der Waals surface area contributed by atoms with Gasteiger partial charge in [0.25, 0.3) is 0 Å². The maximum atomic E-state index is 12.6. The predicted molar refractivity (Wildman–Crippen MR) is 87.4 cm³/mol. The normalized spacial score (nSPS) is 16.4. The van der Waals surface area contributed by atoms with Crippen LogP contribution in [0.2, 0.25) is 0 Å². The van der Waals surface area contributed by atoms with E-state index in [0.29, 0.717) is 13.1 Å². The molecule has 0 aliphatic carbocycles. The first-order chi connectivity index (χ1) is 10.4. The van der Waals surface area contributed by atoms with Gasteiger partial charge >= 0.3 is 6.03 Å². The molecule has 116 valence electrons. The highest BCUT2D eigenvalue weighted by molar-refractivity contribution is 7.10. The molecule has 0 unspecified atom stereocenters. The molecule has 1 aliphatic heterocycles. The number of benzene rings is 1. The molecule has 0 radical (unpaired) electrons. The van der Waals surface area contributed by atoms with Gasteiger partial charge in [-0.05, 0) is 44.4 Å². The zero-order valence-corrected chi connectivity index (χ0v) is 13.7. The lowest BCUT2D eigenvalue weighted by Gasteiger charge is -2.29. The van der Waals surface area contributed by atoms with Gasteiger partial charge in [-0.3, -0.25) is 5.32 Å². The highest BCUT2D eigenvalue weighted by atomic mass is 32.1. The average molecular weight is 317 g/mol. The summed E-state index contributed by atoms with van der Waals surface area (Å²) in [5.41, 5.74) is 1.49. The van der Waals surface area contributed by atoms with E-state index in [1.165, 1.54) is 11.5 Å². The second kappa shape index (κ2) is 5.61. The Kier molecular flexibility index (Phi) is 3.78. The van der Waals surface area contributed by atoms with Crippen LogP contribution in [0.1, 0.15) is 25.1 Å². The number of hydrogen-bond donors (Lipinski definition) is 1. The molecule has 1 aromatic carbocycles. The van der Waals surface area contributed by atoms with Crippen molar-refractivity contribution in [2.24, 2.45) is 0 Å². The molecule has 0 spiro atoms. The number of nitrogens with one attached hydrogen (secondary N) is 1. The van der Waals surface area contributed by atoms with Gasteiger partial charge in [0.15, 0.2) is 0 Å². The fourth-order valence-corrected chi connectivity index (χ4v) is 3.19. The van der Waals surface area contributed by atoms with E-state index < -0.39 is 5.60 Å². The molecule has 1 aromatic heterocycles. The summed E-state index contributed by atoms with van der Waals surface area (Å²) in [6.07, 6.45) is 0. The van der Waals surface area contributed by atoms with E-state index in [-0.39, 0.29) is 6.03 Å². The zero-order chi connectivity index (χ0) is 15.7. The summed E-state index contributed by atoms with van der Waals surface area (Å²) < 4.78 is 10.2. The lowest BCUT2D eigenvalue weighted by molar-refractivity contribution is 0.0835. The summed E-state index contributed by atoms with van der Waals surface area (Å²) >= 11 is 1.29. The van der Waals surface area contributed by atoms with Crippen molar-refractivity contribution in [3.05, 3.63) is 41.6 Å². The quantitative estimate of drug-likeness (QED) is 0.873. The SMILES string of the molecule is Cc1cc(NC(=O)N2Cc3ccccc3OC(C)(C)C2)sn1. The standard InChI is InChI=1S/C16H19N3O2S/c1-11-8-14(22-18-11)17-15(20)19-9-12-6-4-5-7-13(12)21-16(2,3)10-19/h4-8H,9-10H2,1-3H3,(H,17,20). The first-order valence-corrected chi connectivity index (χ1v) is 7.96. The Bertz CT molecular complexity index is 696. The fraction of sp³-hybridized carbons (Fsp3) is 0.375. The van der Waals surface area contributed by atoms with Crippen molar-refractivity contribution in [1.29, 1.82) is 0 Å². The predicted octanol–water partition coefficient (Wildman–Crippen LogP) is 3.66. The molecule has 0 atom stereocenters. The summed E-state index contributed by atoms with van der Waals surface area (Å²) in [6, 6.07) is 9.60. The summed E-state index contributed by atoms with van der Waals surface area (Å²) in [6.45, 7) is 6.94. The van der Waals surface area contributed by atoms with Crippen LogP contribution < -0.4 is 10.1 Å². The van der Waals surface area contributed by atoms with Gasteiger partial charge in [-0.15, -0.1) is 0 Å². The van der Waals surface area contributed by atoms with Crippen molar-refractivity contribution in [3.8, 4) is 5.75 Å². The Morgan fingerprint density at radius 1 is 1.41 bits per heavy atom. The van der Waals surface area contributed by atoms with E-state index in [0.717, 1.165) is 22.0 Å². The first-order valence-electron chi connectivity index (χ1n) is 7.19. The van der Waals surface area contributed by atoms with Crippen LogP contribution in [0.4, 0.5) is 9.80 Å². The minimum absolute atomic E-state index is 0.128. The second-order valence-electron chi connectivity index (χ2n) is 6.09. The maximum Gasteiger partial charge on any atom is 0.322 e. The molecule has 0 saturated carbocycles. The van der Waals surface area contributed by atoms with Crippen LogP contribution in [0.25, 0.3) is 0 Å². The summed E-state index contributed by atoms with van der Waals surface area (Å²) in [5, 5.41) is 3.68. The number of ether oxygens (including phenoxy) is 1. The van der Waals surface area contributed by atoms with Crippen molar-refractivity contribution in [1.82, 2.24) is 9.27 Å². The minimum Gasteiger partial charge on any atom is -0.486 e. The Morgan fingerprint density at radius 3 is 2.91 bits per heavy atom. The zero-order valence-electron chi connectivity index (χ0n) is 12.9. The van der Waals surface area contributed by atoms with Gasteiger partial charge in [0.1, 0.15) is 16.4 Å². The Labute approximate surface area is 134 Å². The molecule has 0 saturated heterocycles. The van der Waals surface area contributed by atoms with Crippen LogP contribution in [-0.2, 0) is 6.54 Å². The molecule has 0 bridgehead atoms. The van der Waals surface area contributed by atoms with Crippen LogP contribution in [0.5, 0.6) is 5.75 Å². The molecular formula is C16H19N3O2S. The Hall–Kier alpha value is -2.08. The maximum absolute atomic E-state index is 12.6. The van der Waals surface area contributed by atoms with E-state index in [2.05, 4.69) is 9.69 Å². The molecule has 6 heteroatoms. The van der Waals surface area contributed by atoms with Gasteiger partial charge in [0.2, 0.25) is 0 Å². The molecule has 22 heavy (non-hydrogen) atoms. The average Bonchev–Trinajstić information content (AvgIpc) is 2.78. The van der Waals surface area contributed by atoms with Crippen LogP contribution >= 0.6 is 11.5 Å². The van der Waals surface area contributed by atoms with Crippen LogP contribution in [0.3, 0.4) is 0 Å². The number of fused-ring (bicyclic) bond motifs is 1. The molecule has 1 aliphatic rings. The van der Waals surface area contributed by atoms with Gasteiger partial charge in [0, 0.05) is 5.56 Å². The molecule has 1 N–H and O–H groups in total. The van der Waals surface area contributed by atoms with Gasteiger partial charge in [-0.1, -0.05) is 18.2 Å².